The van der Waals surface area contributed by atoms with Gasteiger partial charge in [-0.1, -0.05) is 12.5 Å². The van der Waals surface area contributed by atoms with Gasteiger partial charge in [-0.2, -0.15) is 0 Å². The lowest BCUT2D eigenvalue weighted by atomic mass is 9.86. The molecule has 1 aromatic rings. The highest BCUT2D eigenvalue weighted by atomic mass is 32.2. The lowest BCUT2D eigenvalue weighted by Gasteiger charge is -2.25. The van der Waals surface area contributed by atoms with E-state index in [1.54, 1.807) is 12.1 Å². The van der Waals surface area contributed by atoms with Crippen LogP contribution in [0.5, 0.6) is 5.75 Å². The summed E-state index contributed by atoms with van der Waals surface area (Å²) in [5, 5.41) is 3.14. The van der Waals surface area contributed by atoms with Gasteiger partial charge in [0.1, 0.15) is 0 Å². The first-order chi connectivity index (χ1) is 13.3. The molecule has 1 fully saturated rings. The van der Waals surface area contributed by atoms with Gasteiger partial charge >= 0.3 is 0 Å². The Morgan fingerprint density at radius 3 is 2.71 bits per heavy atom. The number of nitrogens with one attached hydrogen (secondary N) is 2. The summed E-state index contributed by atoms with van der Waals surface area (Å²) in [4.78, 5) is 6.24. The number of nitrogens with zero attached hydrogens (tertiary/aromatic N) is 2. The second-order valence-electron chi connectivity index (χ2n) is 7.02. The van der Waals surface area contributed by atoms with E-state index in [1.165, 1.54) is 19.6 Å². The fourth-order valence-corrected chi connectivity index (χ4v) is 3.88. The van der Waals surface area contributed by atoms with Crippen LogP contribution in [0.2, 0.25) is 0 Å². The highest BCUT2D eigenvalue weighted by Gasteiger charge is 2.20. The summed E-state index contributed by atoms with van der Waals surface area (Å²) in [6, 6.07) is 4.80. The molecule has 0 heterocycles. The lowest BCUT2D eigenvalue weighted by molar-refractivity contribution is 0.316. The van der Waals surface area contributed by atoms with Crippen molar-refractivity contribution in [1.82, 2.24) is 14.9 Å². The van der Waals surface area contributed by atoms with Gasteiger partial charge in [-0.25, -0.2) is 17.5 Å². The van der Waals surface area contributed by atoms with Gasteiger partial charge in [-0.15, -0.1) is 0 Å². The van der Waals surface area contributed by atoms with Gasteiger partial charge < -0.3 is 15.0 Å². The van der Waals surface area contributed by atoms with Gasteiger partial charge in [-0.05, 0) is 43.4 Å². The lowest BCUT2D eigenvalue weighted by Crippen LogP contribution is -2.39. The van der Waals surface area contributed by atoms with Crippen molar-refractivity contribution in [1.29, 1.82) is 0 Å². The quantitative estimate of drug-likeness (QED) is 0.452. The summed E-state index contributed by atoms with van der Waals surface area (Å²) >= 11 is 0. The number of aliphatic imine (C=N–C) groups is 1. The van der Waals surface area contributed by atoms with Crippen molar-refractivity contribution in [2.75, 3.05) is 39.5 Å². The van der Waals surface area contributed by atoms with Gasteiger partial charge in [0.2, 0.25) is 10.0 Å². The van der Waals surface area contributed by atoms with E-state index in [-0.39, 0.29) is 18.0 Å². The van der Waals surface area contributed by atoms with E-state index in [2.05, 4.69) is 15.0 Å². The van der Waals surface area contributed by atoms with Crippen LogP contribution in [0.25, 0.3) is 0 Å². The number of sulfonamides is 1. The summed E-state index contributed by atoms with van der Waals surface area (Å²) in [6.45, 7) is 3.69. The Balaban J connectivity index is 1.91. The fraction of sp³-hybridized carbons (Fsp3) is 0.632. The molecule has 0 saturated heterocycles. The number of methoxy groups -OCH3 is 1. The highest BCUT2D eigenvalue weighted by Crippen LogP contribution is 2.25. The minimum Gasteiger partial charge on any atom is -0.494 e. The fourth-order valence-electron chi connectivity index (χ4n) is 2.91. The molecule has 0 aromatic heterocycles. The maximum Gasteiger partial charge on any atom is 0.213 e. The van der Waals surface area contributed by atoms with Crippen molar-refractivity contribution in [2.45, 2.75) is 32.7 Å². The van der Waals surface area contributed by atoms with Gasteiger partial charge in [0.25, 0.3) is 0 Å². The van der Waals surface area contributed by atoms with Crippen LogP contribution >= 0.6 is 0 Å². The van der Waals surface area contributed by atoms with Crippen LogP contribution in [-0.4, -0.2) is 58.8 Å². The molecule has 28 heavy (non-hydrogen) atoms. The molecule has 0 unspecified atom stereocenters. The van der Waals surface area contributed by atoms with E-state index >= 15 is 0 Å². The molecule has 2 rings (SSSR count). The Hall–Kier alpha value is -1.87. The molecule has 1 aromatic carbocycles. The monoisotopic (exact) mass is 414 g/mol. The predicted octanol–water partition coefficient (Wildman–Crippen LogP) is 1.95. The Morgan fingerprint density at radius 1 is 1.39 bits per heavy atom. The predicted molar refractivity (Wildman–Crippen MR) is 110 cm³/mol. The SMILES string of the molecule is CCNC(=NCCS(=O)(=O)NCC1CCC1)N(C)Cc1ccc(OC)c(F)c1. The first kappa shape index (κ1) is 22.4. The van der Waals surface area contributed by atoms with E-state index in [4.69, 9.17) is 4.74 Å². The third kappa shape index (κ3) is 6.94. The van der Waals surface area contributed by atoms with Crippen LogP contribution in [-0.2, 0) is 16.6 Å². The van der Waals surface area contributed by atoms with Gasteiger partial charge in [0, 0.05) is 26.7 Å². The normalized spacial score (nSPS) is 15.2. The minimum absolute atomic E-state index is 0.0559. The number of ether oxygens (including phenoxy) is 1. The van der Waals surface area contributed by atoms with Crippen molar-refractivity contribution >= 4 is 16.0 Å². The topological polar surface area (TPSA) is 83.0 Å². The molecule has 1 aliphatic carbocycles. The zero-order valence-corrected chi connectivity index (χ0v) is 17.7. The van der Waals surface area contributed by atoms with Crippen molar-refractivity contribution in [3.05, 3.63) is 29.6 Å². The maximum absolute atomic E-state index is 13.9. The van der Waals surface area contributed by atoms with Gasteiger partial charge in [0.15, 0.2) is 17.5 Å². The minimum atomic E-state index is -3.33. The van der Waals surface area contributed by atoms with Crippen LogP contribution in [0, 0.1) is 11.7 Å². The molecule has 0 spiro atoms. The highest BCUT2D eigenvalue weighted by molar-refractivity contribution is 7.89. The van der Waals surface area contributed by atoms with E-state index < -0.39 is 15.8 Å². The van der Waals surface area contributed by atoms with Crippen molar-refractivity contribution in [2.24, 2.45) is 10.9 Å². The Bertz CT molecular complexity index is 766. The number of benzene rings is 1. The van der Waals surface area contributed by atoms with Gasteiger partial charge in [-0.3, -0.25) is 4.99 Å². The van der Waals surface area contributed by atoms with Crippen LogP contribution < -0.4 is 14.8 Å². The maximum atomic E-state index is 13.9. The Morgan fingerprint density at radius 2 is 2.14 bits per heavy atom. The molecular weight excluding hydrogens is 383 g/mol. The molecule has 158 valence electrons. The molecule has 0 radical (unpaired) electrons. The standard InChI is InChI=1S/C19H31FN4O3S/c1-4-21-19(22-10-11-28(25,26)23-13-15-6-5-7-15)24(2)14-16-8-9-18(27-3)17(20)12-16/h8-9,12,15,23H,4-7,10-11,13-14H2,1-3H3,(H,21,22). The summed E-state index contributed by atoms with van der Waals surface area (Å²) in [6.07, 6.45) is 3.39. The van der Waals surface area contributed by atoms with E-state index in [0.717, 1.165) is 18.4 Å². The number of guanidine groups is 1. The molecule has 0 aliphatic heterocycles. The number of halogens is 1. The number of rotatable bonds is 10. The average molecular weight is 415 g/mol. The third-order valence-corrected chi connectivity index (χ3v) is 6.10. The molecule has 9 heteroatoms. The molecule has 2 N–H and O–H groups in total. The molecule has 1 saturated carbocycles. The summed E-state index contributed by atoms with van der Waals surface area (Å²) in [7, 11) is -0.0760. The second-order valence-corrected chi connectivity index (χ2v) is 8.95. The van der Waals surface area contributed by atoms with E-state index in [9.17, 15) is 12.8 Å². The summed E-state index contributed by atoms with van der Waals surface area (Å²) < 4.78 is 45.7. The van der Waals surface area contributed by atoms with E-state index in [1.807, 2.05) is 18.9 Å². The zero-order valence-electron chi connectivity index (χ0n) is 16.9. The smallest absolute Gasteiger partial charge is 0.213 e. The van der Waals surface area contributed by atoms with Crippen molar-refractivity contribution in [3.63, 3.8) is 0 Å². The summed E-state index contributed by atoms with van der Waals surface area (Å²) in [5.74, 6) is 0.782. The Labute approximate surface area is 167 Å². The largest absolute Gasteiger partial charge is 0.494 e. The first-order valence-corrected chi connectivity index (χ1v) is 11.3. The van der Waals surface area contributed by atoms with E-state index in [0.29, 0.717) is 31.5 Å². The molecule has 0 amide bonds. The molecule has 0 bridgehead atoms. The molecule has 1 aliphatic rings. The number of hydrogen-bond donors (Lipinski definition) is 2. The van der Waals surface area contributed by atoms with Gasteiger partial charge in [0.05, 0.1) is 19.4 Å². The Kier molecular flexibility index (Phi) is 8.50. The average Bonchev–Trinajstić information content (AvgIpc) is 2.59. The zero-order chi connectivity index (χ0) is 20.6. The molecule has 7 nitrogen and oxygen atoms in total. The molecular formula is C19H31FN4O3S. The van der Waals surface area contributed by atoms with Crippen LogP contribution in [0.1, 0.15) is 31.7 Å². The van der Waals surface area contributed by atoms with Crippen LogP contribution in [0.4, 0.5) is 4.39 Å². The van der Waals surface area contributed by atoms with Crippen LogP contribution in [0.15, 0.2) is 23.2 Å². The second kappa shape index (κ2) is 10.6. The van der Waals surface area contributed by atoms with Crippen LogP contribution in [0.3, 0.4) is 0 Å². The van der Waals surface area contributed by atoms with Crippen molar-refractivity contribution in [3.8, 4) is 5.75 Å². The molecule has 0 atom stereocenters. The first-order valence-electron chi connectivity index (χ1n) is 9.63. The third-order valence-electron chi connectivity index (χ3n) is 4.77. The summed E-state index contributed by atoms with van der Waals surface area (Å²) in [5.41, 5.74) is 0.765. The number of hydrogen-bond acceptors (Lipinski definition) is 4. The van der Waals surface area contributed by atoms with Crippen molar-refractivity contribution < 1.29 is 17.5 Å².